The molecule has 0 atom stereocenters. The number of para-hydroxylation sites is 1. The molecule has 0 amide bonds. The summed E-state index contributed by atoms with van der Waals surface area (Å²) < 4.78 is 27.2. The van der Waals surface area contributed by atoms with Gasteiger partial charge in [0.15, 0.2) is 0 Å². The molecule has 0 fully saturated rings. The van der Waals surface area contributed by atoms with E-state index in [9.17, 15) is 0 Å². The van der Waals surface area contributed by atoms with Crippen LogP contribution in [0.25, 0.3) is 43.8 Å². The van der Waals surface area contributed by atoms with E-state index in [1.165, 1.54) is 64.5 Å². The number of hydrogen-bond acceptors (Lipinski definition) is 4. The van der Waals surface area contributed by atoms with Gasteiger partial charge in [0, 0.05) is 6.26 Å². The standard InChI is InChI=1S/C44H32P2.C12H10N.CH4O3S.Pd/c1-5-19-35(20-6-1)45(36-21-7-2-8-22-36)41-31-29-33-17-13-15-27-39(33)43(41)44-40-28-16-14-18-34(40)30-32-42(44)46(37-23-9-3-10-24-37)38-25-11-4-12-26-38;13-12-9-5-4-8-11(12)10-6-2-1-3-7-10;1-5(2,3)4;/h1-32H;1-6,8-9H,13H2;1H3,(H,2,3,4);/q;-1;;+2/p-1. The molecular weight excluding hydrogens is 947 g/mol. The summed E-state index contributed by atoms with van der Waals surface area (Å²) in [5.74, 6) is 0. The van der Waals surface area contributed by atoms with Crippen LogP contribution in [0.1, 0.15) is 0 Å². The minimum atomic E-state index is -3.92. The van der Waals surface area contributed by atoms with Crippen molar-refractivity contribution in [2.45, 2.75) is 0 Å². The number of anilines is 1. The van der Waals surface area contributed by atoms with E-state index in [4.69, 9.17) is 18.7 Å². The van der Waals surface area contributed by atoms with Crippen LogP contribution >= 0.6 is 15.8 Å². The molecule has 322 valence electrons. The van der Waals surface area contributed by atoms with Crippen LogP contribution in [0.15, 0.2) is 243 Å². The van der Waals surface area contributed by atoms with Gasteiger partial charge < -0.3 is 10.3 Å². The van der Waals surface area contributed by atoms with Crippen molar-refractivity contribution >= 4 is 85.0 Å². The second kappa shape index (κ2) is 22.2. The van der Waals surface area contributed by atoms with Gasteiger partial charge in [-0.2, -0.15) is 0 Å². The van der Waals surface area contributed by atoms with Gasteiger partial charge in [-0.25, -0.2) is 8.42 Å². The number of fused-ring (bicyclic) bond motifs is 2. The van der Waals surface area contributed by atoms with Gasteiger partial charge in [-0.15, -0.1) is 35.9 Å². The van der Waals surface area contributed by atoms with Crippen molar-refractivity contribution in [3.8, 4) is 22.3 Å². The van der Waals surface area contributed by atoms with E-state index >= 15 is 0 Å². The molecule has 0 bridgehead atoms. The zero-order valence-corrected chi connectivity index (χ0v) is 39.7. The molecule has 65 heavy (non-hydrogen) atoms. The minimum Gasteiger partial charge on any atom is -0.748 e. The Hall–Kier alpha value is -6.05. The van der Waals surface area contributed by atoms with Crippen LogP contribution in [-0.4, -0.2) is 19.2 Å². The monoisotopic (exact) mass is 991 g/mol. The molecule has 0 aliphatic rings. The molecule has 0 aromatic heterocycles. The molecule has 8 heteroatoms. The topological polar surface area (TPSA) is 83.2 Å². The molecular formula is C57H45NO3P2PdS. The summed E-state index contributed by atoms with van der Waals surface area (Å²) in [6.07, 6.45) is 0.604. The van der Waals surface area contributed by atoms with Crippen LogP contribution in [-0.2, 0) is 30.5 Å². The normalized spacial score (nSPS) is 11.0. The molecule has 0 unspecified atom stereocenters. The Kier molecular flexibility index (Phi) is 16.1. The van der Waals surface area contributed by atoms with Crippen LogP contribution in [0.2, 0.25) is 0 Å². The second-order valence-electron chi connectivity index (χ2n) is 14.9. The number of nitrogen functional groups attached to an aromatic ring is 1. The number of rotatable bonds is 8. The maximum Gasteiger partial charge on any atom is 2.00 e. The summed E-state index contributed by atoms with van der Waals surface area (Å²) >= 11 is 0. The van der Waals surface area contributed by atoms with Gasteiger partial charge in [-0.3, -0.25) is 0 Å². The molecule has 0 saturated carbocycles. The second-order valence-corrected chi connectivity index (χ2v) is 20.7. The predicted molar refractivity (Wildman–Crippen MR) is 275 cm³/mol. The maximum atomic E-state index is 9.08. The van der Waals surface area contributed by atoms with Gasteiger partial charge in [-0.1, -0.05) is 218 Å². The molecule has 10 rings (SSSR count). The third-order valence-electron chi connectivity index (χ3n) is 10.6. The van der Waals surface area contributed by atoms with E-state index in [0.717, 1.165) is 16.8 Å². The van der Waals surface area contributed by atoms with Crippen molar-refractivity contribution in [2.24, 2.45) is 0 Å². The largest absolute Gasteiger partial charge is 2.00 e. The molecule has 0 heterocycles. The van der Waals surface area contributed by atoms with Gasteiger partial charge >= 0.3 is 20.4 Å². The Labute approximate surface area is 398 Å². The molecule has 0 aliphatic carbocycles. The molecule has 10 aromatic carbocycles. The van der Waals surface area contributed by atoms with Crippen LogP contribution < -0.4 is 37.6 Å². The minimum absolute atomic E-state index is 0. The number of hydrogen-bond donors (Lipinski definition) is 1. The average Bonchev–Trinajstić information content (AvgIpc) is 3.33. The SMILES string of the molecule is CS(=O)(=O)[O-].Nc1ccccc1-c1[c-]cccc1.[Pd+2].c1ccc(P(c2ccccc2)c2ccc3ccccc3c2-c2c(P(c3ccccc3)c3ccccc3)ccc3ccccc23)cc1. The first-order valence-corrected chi connectivity index (χ1v) is 25.3. The molecule has 10 aromatic rings. The van der Waals surface area contributed by atoms with Crippen LogP contribution in [0.5, 0.6) is 0 Å². The van der Waals surface area contributed by atoms with Gasteiger partial charge in [0.25, 0.3) is 0 Å². The molecule has 0 radical (unpaired) electrons. The van der Waals surface area contributed by atoms with Gasteiger partial charge in [0.1, 0.15) is 0 Å². The number of nitrogens with two attached hydrogens (primary N) is 1. The fourth-order valence-corrected chi connectivity index (χ4v) is 12.8. The summed E-state index contributed by atoms with van der Waals surface area (Å²) in [7, 11) is -5.62. The first-order valence-electron chi connectivity index (χ1n) is 20.8. The van der Waals surface area contributed by atoms with Crippen molar-refractivity contribution in [1.82, 2.24) is 0 Å². The Morgan fingerprint density at radius 1 is 0.431 bits per heavy atom. The van der Waals surface area contributed by atoms with E-state index in [-0.39, 0.29) is 20.4 Å². The van der Waals surface area contributed by atoms with Crippen molar-refractivity contribution in [2.75, 3.05) is 12.0 Å². The average molecular weight is 992 g/mol. The third kappa shape index (κ3) is 11.6. The van der Waals surface area contributed by atoms with Crippen LogP contribution in [0.4, 0.5) is 5.69 Å². The van der Waals surface area contributed by atoms with Crippen molar-refractivity contribution in [1.29, 1.82) is 0 Å². The van der Waals surface area contributed by atoms with Gasteiger partial charge in [0.2, 0.25) is 0 Å². The predicted octanol–water partition coefficient (Wildman–Crippen LogP) is 11.1. The first kappa shape index (κ1) is 46.9. The summed E-state index contributed by atoms with van der Waals surface area (Å²) in [6, 6.07) is 90.6. The first-order chi connectivity index (χ1) is 31.2. The molecule has 4 nitrogen and oxygen atoms in total. The number of benzene rings is 10. The quantitative estimate of drug-likeness (QED) is 0.0541. The van der Waals surface area contributed by atoms with E-state index in [1.54, 1.807) is 0 Å². The maximum absolute atomic E-state index is 9.08. The Bertz CT molecular complexity index is 2970. The third-order valence-corrected chi connectivity index (χ3v) is 15.5. The van der Waals surface area contributed by atoms with Crippen molar-refractivity contribution < 1.29 is 33.4 Å². The van der Waals surface area contributed by atoms with Crippen LogP contribution in [0, 0.1) is 6.07 Å². The summed E-state index contributed by atoms with van der Waals surface area (Å²) in [4.78, 5) is 0. The van der Waals surface area contributed by atoms with Crippen molar-refractivity contribution in [3.05, 3.63) is 249 Å². The Balaban J connectivity index is 0.000000277. The van der Waals surface area contributed by atoms with Crippen molar-refractivity contribution in [3.63, 3.8) is 0 Å². The zero-order chi connectivity index (χ0) is 44.3. The summed E-state index contributed by atoms with van der Waals surface area (Å²) in [5, 5.41) is 13.3. The summed E-state index contributed by atoms with van der Waals surface area (Å²) in [6.45, 7) is 0. The Morgan fingerprint density at radius 3 is 1.14 bits per heavy atom. The van der Waals surface area contributed by atoms with E-state index in [1.807, 2.05) is 48.5 Å². The van der Waals surface area contributed by atoms with Gasteiger partial charge in [-0.05, 0) is 92.1 Å². The van der Waals surface area contributed by atoms with Gasteiger partial charge in [0.05, 0.1) is 10.1 Å². The zero-order valence-electron chi connectivity index (χ0n) is 35.5. The molecule has 2 N–H and O–H groups in total. The van der Waals surface area contributed by atoms with E-state index in [0.29, 0.717) is 6.26 Å². The fourth-order valence-electron chi connectivity index (χ4n) is 7.88. The summed E-state index contributed by atoms with van der Waals surface area (Å²) in [5.41, 5.74) is 11.4. The molecule has 0 spiro atoms. The fraction of sp³-hybridized carbons (Fsp3) is 0.0175. The van der Waals surface area contributed by atoms with Crippen LogP contribution in [0.3, 0.4) is 0 Å². The van der Waals surface area contributed by atoms with E-state index in [2.05, 4.69) is 200 Å². The Morgan fingerprint density at radius 2 is 0.769 bits per heavy atom. The smallest absolute Gasteiger partial charge is 0.748 e. The van der Waals surface area contributed by atoms with E-state index < -0.39 is 26.0 Å². The molecule has 0 saturated heterocycles. The molecule has 0 aliphatic heterocycles.